The van der Waals surface area contributed by atoms with Crippen LogP contribution in [0.3, 0.4) is 0 Å². The number of benzene rings is 1. The fraction of sp³-hybridized carbons (Fsp3) is 0.682. The summed E-state index contributed by atoms with van der Waals surface area (Å²) in [7, 11) is 2.30. The second kappa shape index (κ2) is 5.84. The van der Waals surface area contributed by atoms with Crippen molar-refractivity contribution in [3.8, 4) is 5.75 Å². The first-order chi connectivity index (χ1) is 11.8. The van der Waals surface area contributed by atoms with E-state index in [1.165, 1.54) is 49.8 Å². The molecule has 0 radical (unpaired) electrons. The maximum atomic E-state index is 12.3. The molecular formula is C22H31NO2. The summed E-state index contributed by atoms with van der Waals surface area (Å²) in [6.07, 6.45) is 7.73. The van der Waals surface area contributed by atoms with Gasteiger partial charge in [-0.25, -0.2) is 0 Å². The standard InChI is InChI=1S/C22H31NO2/c1-21(2,3)20(24)25-16-9-8-15-13-19-17-7-5-6-10-22(17,18(15)14-16)11-12-23(19)4/h8-9,14,17,19H,5-7,10-13H2,1-4H3/t17-,19?,22+/m1/s1. The number of likely N-dealkylation sites (N-methyl/N-ethyl adjacent to an activating group) is 1. The van der Waals surface area contributed by atoms with E-state index in [9.17, 15) is 4.79 Å². The van der Waals surface area contributed by atoms with Gasteiger partial charge in [-0.05, 0) is 89.2 Å². The zero-order valence-electron chi connectivity index (χ0n) is 16.1. The molecule has 4 rings (SSSR count). The van der Waals surface area contributed by atoms with E-state index < -0.39 is 5.41 Å². The number of fused-ring (bicyclic) bond motifs is 1. The molecule has 2 bridgehead atoms. The first-order valence-corrected chi connectivity index (χ1v) is 9.87. The van der Waals surface area contributed by atoms with Crippen molar-refractivity contribution in [2.24, 2.45) is 11.3 Å². The molecule has 1 aliphatic heterocycles. The van der Waals surface area contributed by atoms with Crippen LogP contribution in [0.4, 0.5) is 0 Å². The van der Waals surface area contributed by atoms with Crippen LogP contribution in [-0.2, 0) is 16.6 Å². The van der Waals surface area contributed by atoms with Gasteiger partial charge in [-0.2, -0.15) is 0 Å². The number of esters is 1. The van der Waals surface area contributed by atoms with E-state index >= 15 is 0 Å². The molecule has 0 aromatic heterocycles. The topological polar surface area (TPSA) is 29.5 Å². The smallest absolute Gasteiger partial charge is 0.316 e. The van der Waals surface area contributed by atoms with Gasteiger partial charge in [-0.3, -0.25) is 4.79 Å². The molecule has 1 heterocycles. The summed E-state index contributed by atoms with van der Waals surface area (Å²) in [6.45, 7) is 6.91. The van der Waals surface area contributed by atoms with Crippen LogP contribution in [-0.4, -0.2) is 30.5 Å². The number of carbonyl (C=O) groups excluding carboxylic acids is 1. The molecule has 3 aliphatic rings. The molecule has 1 unspecified atom stereocenters. The Labute approximate surface area is 151 Å². The summed E-state index contributed by atoms with van der Waals surface area (Å²) in [5.74, 6) is 1.35. The fourth-order valence-electron chi connectivity index (χ4n) is 5.50. The van der Waals surface area contributed by atoms with Crippen LogP contribution in [0.15, 0.2) is 18.2 Å². The molecule has 25 heavy (non-hydrogen) atoms. The molecule has 1 aromatic rings. The van der Waals surface area contributed by atoms with E-state index in [2.05, 4.69) is 24.1 Å². The number of nitrogens with zero attached hydrogens (tertiary/aromatic N) is 1. The van der Waals surface area contributed by atoms with Crippen molar-refractivity contribution >= 4 is 5.97 Å². The number of piperidine rings is 1. The Morgan fingerprint density at radius 2 is 2.04 bits per heavy atom. The quantitative estimate of drug-likeness (QED) is 0.562. The van der Waals surface area contributed by atoms with Crippen LogP contribution in [0, 0.1) is 11.3 Å². The molecule has 136 valence electrons. The maximum Gasteiger partial charge on any atom is 0.316 e. The summed E-state index contributed by atoms with van der Waals surface area (Å²) in [4.78, 5) is 14.9. The Morgan fingerprint density at radius 3 is 2.80 bits per heavy atom. The number of carbonyl (C=O) groups is 1. The Kier molecular flexibility index (Phi) is 3.99. The molecule has 2 fully saturated rings. The van der Waals surface area contributed by atoms with Crippen molar-refractivity contribution in [2.75, 3.05) is 13.6 Å². The van der Waals surface area contributed by atoms with Gasteiger partial charge in [0.1, 0.15) is 5.75 Å². The van der Waals surface area contributed by atoms with E-state index in [0.29, 0.717) is 11.5 Å². The molecule has 0 spiro atoms. The number of hydrogen-bond donors (Lipinski definition) is 0. The zero-order valence-corrected chi connectivity index (χ0v) is 16.1. The molecule has 1 saturated heterocycles. The highest BCUT2D eigenvalue weighted by molar-refractivity contribution is 5.78. The molecular weight excluding hydrogens is 310 g/mol. The molecule has 0 N–H and O–H groups in total. The highest BCUT2D eigenvalue weighted by atomic mass is 16.5. The van der Waals surface area contributed by atoms with Crippen molar-refractivity contribution < 1.29 is 9.53 Å². The van der Waals surface area contributed by atoms with Crippen LogP contribution in [0.25, 0.3) is 0 Å². The summed E-state index contributed by atoms with van der Waals surface area (Å²) < 4.78 is 5.73. The van der Waals surface area contributed by atoms with E-state index in [1.807, 2.05) is 26.8 Å². The average molecular weight is 341 g/mol. The van der Waals surface area contributed by atoms with Gasteiger partial charge >= 0.3 is 5.97 Å². The minimum atomic E-state index is -0.472. The van der Waals surface area contributed by atoms with Gasteiger partial charge in [0.2, 0.25) is 0 Å². The fourth-order valence-corrected chi connectivity index (χ4v) is 5.50. The first kappa shape index (κ1) is 17.1. The maximum absolute atomic E-state index is 12.3. The predicted molar refractivity (Wildman–Crippen MR) is 99.9 cm³/mol. The van der Waals surface area contributed by atoms with Gasteiger partial charge in [-0.15, -0.1) is 0 Å². The predicted octanol–water partition coefficient (Wildman–Crippen LogP) is 4.33. The minimum absolute atomic E-state index is 0.151. The van der Waals surface area contributed by atoms with Gasteiger partial charge in [0, 0.05) is 11.5 Å². The lowest BCUT2D eigenvalue weighted by Gasteiger charge is -2.58. The van der Waals surface area contributed by atoms with Crippen LogP contribution in [0.5, 0.6) is 5.75 Å². The van der Waals surface area contributed by atoms with Crippen LogP contribution >= 0.6 is 0 Å². The second-order valence-electron chi connectivity index (χ2n) is 9.47. The molecule has 2 aliphatic carbocycles. The molecule has 3 nitrogen and oxygen atoms in total. The van der Waals surface area contributed by atoms with Gasteiger partial charge in [0.15, 0.2) is 0 Å². The highest BCUT2D eigenvalue weighted by Crippen LogP contribution is 2.55. The number of likely N-dealkylation sites (tertiary alicyclic amines) is 1. The summed E-state index contributed by atoms with van der Waals surface area (Å²) in [5, 5.41) is 0. The number of hydrogen-bond acceptors (Lipinski definition) is 3. The van der Waals surface area contributed by atoms with Gasteiger partial charge in [-0.1, -0.05) is 18.9 Å². The molecule has 1 aromatic carbocycles. The third-order valence-electron chi connectivity index (χ3n) is 6.91. The number of ether oxygens (including phenoxy) is 1. The summed E-state index contributed by atoms with van der Waals surface area (Å²) >= 11 is 0. The molecule has 3 heteroatoms. The van der Waals surface area contributed by atoms with Gasteiger partial charge in [0.25, 0.3) is 0 Å². The SMILES string of the molecule is CN1CC[C@@]23CCCC[C@@H]2C1Cc1ccc(OC(=O)C(C)(C)C)cc13. The summed E-state index contributed by atoms with van der Waals surface area (Å²) in [6, 6.07) is 7.11. The molecule has 0 amide bonds. The highest BCUT2D eigenvalue weighted by Gasteiger charge is 2.53. The Bertz CT molecular complexity index is 690. The third kappa shape index (κ3) is 2.71. The van der Waals surface area contributed by atoms with Crippen molar-refractivity contribution in [3.63, 3.8) is 0 Å². The van der Waals surface area contributed by atoms with E-state index in [1.54, 1.807) is 0 Å². The largest absolute Gasteiger partial charge is 0.426 e. The molecule has 3 atom stereocenters. The average Bonchev–Trinajstić information content (AvgIpc) is 2.57. The van der Waals surface area contributed by atoms with Crippen LogP contribution < -0.4 is 4.74 Å². The van der Waals surface area contributed by atoms with E-state index in [-0.39, 0.29) is 5.97 Å². The Balaban J connectivity index is 1.73. The van der Waals surface area contributed by atoms with Crippen molar-refractivity contribution in [1.29, 1.82) is 0 Å². The monoisotopic (exact) mass is 341 g/mol. The minimum Gasteiger partial charge on any atom is -0.426 e. The van der Waals surface area contributed by atoms with Gasteiger partial charge in [0.05, 0.1) is 5.41 Å². The van der Waals surface area contributed by atoms with Crippen molar-refractivity contribution in [2.45, 2.75) is 70.8 Å². The lowest BCUT2D eigenvalue weighted by atomic mass is 9.52. The van der Waals surface area contributed by atoms with E-state index in [4.69, 9.17) is 4.74 Å². The Morgan fingerprint density at radius 1 is 1.24 bits per heavy atom. The zero-order chi connectivity index (χ0) is 17.8. The molecule has 1 saturated carbocycles. The third-order valence-corrected chi connectivity index (χ3v) is 6.91. The first-order valence-electron chi connectivity index (χ1n) is 9.87. The lowest BCUT2D eigenvalue weighted by molar-refractivity contribution is -0.143. The summed E-state index contributed by atoms with van der Waals surface area (Å²) in [5.41, 5.74) is 2.80. The normalized spacial score (nSPS) is 31.8. The van der Waals surface area contributed by atoms with Crippen LogP contribution in [0.1, 0.15) is 64.0 Å². The van der Waals surface area contributed by atoms with E-state index in [0.717, 1.165) is 18.1 Å². The van der Waals surface area contributed by atoms with Crippen molar-refractivity contribution in [1.82, 2.24) is 4.90 Å². The number of rotatable bonds is 1. The van der Waals surface area contributed by atoms with Gasteiger partial charge < -0.3 is 9.64 Å². The van der Waals surface area contributed by atoms with Crippen LogP contribution in [0.2, 0.25) is 0 Å². The van der Waals surface area contributed by atoms with Crippen molar-refractivity contribution in [3.05, 3.63) is 29.3 Å². The second-order valence-corrected chi connectivity index (χ2v) is 9.47. The Hall–Kier alpha value is -1.35. The lowest BCUT2D eigenvalue weighted by Crippen LogP contribution is -2.59.